The number of benzene rings is 1. The molecule has 6 nitrogen and oxygen atoms in total. The molecule has 0 heterocycles. The first-order chi connectivity index (χ1) is 8.91. The molecule has 1 aromatic rings. The highest BCUT2D eigenvalue weighted by Gasteiger charge is 2.21. The highest BCUT2D eigenvalue weighted by atomic mass is 127. The minimum absolute atomic E-state index is 0.0280. The first-order valence-corrected chi connectivity index (χ1v) is 6.56. The standard InChI is InChI=1S/C12H13IN2O4/c13-8-4-2-1-3-7(8)11(17)15-9(12(18)19)5-6-10(14)16/h1-4,9H,5-6H2,(H2,14,16)(H,15,17)(H,18,19)/t9-/m0/s1. The first-order valence-electron chi connectivity index (χ1n) is 5.48. The zero-order chi connectivity index (χ0) is 14.4. The summed E-state index contributed by atoms with van der Waals surface area (Å²) in [5.41, 5.74) is 5.36. The number of carboxylic acids is 1. The van der Waals surface area contributed by atoms with Gasteiger partial charge in [-0.1, -0.05) is 12.1 Å². The van der Waals surface area contributed by atoms with Crippen LogP contribution < -0.4 is 11.1 Å². The minimum Gasteiger partial charge on any atom is -0.480 e. The average molecular weight is 376 g/mol. The van der Waals surface area contributed by atoms with Gasteiger partial charge in [0.2, 0.25) is 5.91 Å². The average Bonchev–Trinajstić information content (AvgIpc) is 2.34. The van der Waals surface area contributed by atoms with Crippen molar-refractivity contribution in [3.8, 4) is 0 Å². The molecule has 7 heteroatoms. The Bertz CT molecular complexity index is 504. The monoisotopic (exact) mass is 376 g/mol. The molecule has 0 aromatic heterocycles. The predicted octanol–water partition coefficient (Wildman–Crippen LogP) is 0.740. The lowest BCUT2D eigenvalue weighted by molar-refractivity contribution is -0.139. The van der Waals surface area contributed by atoms with Crippen molar-refractivity contribution in [2.75, 3.05) is 0 Å². The van der Waals surface area contributed by atoms with Crippen LogP contribution in [0.4, 0.5) is 0 Å². The predicted molar refractivity (Wildman–Crippen MR) is 76.5 cm³/mol. The van der Waals surface area contributed by atoms with Crippen LogP contribution in [-0.4, -0.2) is 28.9 Å². The van der Waals surface area contributed by atoms with Crippen LogP contribution in [0.25, 0.3) is 0 Å². The molecular formula is C12H13IN2O4. The number of carbonyl (C=O) groups excluding carboxylic acids is 2. The van der Waals surface area contributed by atoms with Gasteiger partial charge in [0.05, 0.1) is 5.56 Å². The van der Waals surface area contributed by atoms with E-state index in [2.05, 4.69) is 5.32 Å². The Morgan fingerprint density at radius 2 is 1.95 bits per heavy atom. The Morgan fingerprint density at radius 3 is 2.47 bits per heavy atom. The Hall–Kier alpha value is -1.64. The summed E-state index contributed by atoms with van der Waals surface area (Å²) in [6.07, 6.45) is -0.122. The van der Waals surface area contributed by atoms with Gasteiger partial charge < -0.3 is 16.2 Å². The fourth-order valence-electron chi connectivity index (χ4n) is 1.43. The number of rotatable bonds is 6. The van der Waals surface area contributed by atoms with Gasteiger partial charge in [-0.3, -0.25) is 9.59 Å². The van der Waals surface area contributed by atoms with Crippen molar-refractivity contribution < 1.29 is 19.5 Å². The summed E-state index contributed by atoms with van der Waals surface area (Å²) in [5.74, 6) is -2.28. The lowest BCUT2D eigenvalue weighted by Gasteiger charge is -2.14. The highest BCUT2D eigenvalue weighted by Crippen LogP contribution is 2.11. The molecule has 0 fully saturated rings. The van der Waals surface area contributed by atoms with Gasteiger partial charge in [0.15, 0.2) is 0 Å². The van der Waals surface area contributed by atoms with Gasteiger partial charge in [0.1, 0.15) is 6.04 Å². The summed E-state index contributed by atoms with van der Waals surface area (Å²) in [6, 6.07) is 5.69. The van der Waals surface area contributed by atoms with Crippen molar-refractivity contribution >= 4 is 40.4 Å². The van der Waals surface area contributed by atoms with Gasteiger partial charge in [-0.05, 0) is 41.1 Å². The topological polar surface area (TPSA) is 109 Å². The van der Waals surface area contributed by atoms with Gasteiger partial charge in [-0.25, -0.2) is 4.79 Å². The maximum atomic E-state index is 11.9. The van der Waals surface area contributed by atoms with Crippen LogP contribution in [0, 0.1) is 3.57 Å². The lowest BCUT2D eigenvalue weighted by Crippen LogP contribution is -2.41. The Labute approximate surface area is 123 Å². The number of hydrogen-bond acceptors (Lipinski definition) is 3. The summed E-state index contributed by atoms with van der Waals surface area (Å²) in [6.45, 7) is 0. The molecule has 0 saturated carbocycles. The Morgan fingerprint density at radius 1 is 1.32 bits per heavy atom. The van der Waals surface area contributed by atoms with Gasteiger partial charge in [-0.2, -0.15) is 0 Å². The molecule has 0 unspecified atom stereocenters. The van der Waals surface area contributed by atoms with Crippen LogP contribution in [0.2, 0.25) is 0 Å². The second kappa shape index (κ2) is 7.07. The van der Waals surface area contributed by atoms with E-state index in [0.717, 1.165) is 3.57 Å². The van der Waals surface area contributed by atoms with E-state index in [1.165, 1.54) is 0 Å². The van der Waals surface area contributed by atoms with Crippen molar-refractivity contribution in [2.24, 2.45) is 5.73 Å². The molecule has 0 aliphatic heterocycles. The van der Waals surface area contributed by atoms with E-state index in [4.69, 9.17) is 10.8 Å². The van der Waals surface area contributed by atoms with Gasteiger partial charge in [0, 0.05) is 9.99 Å². The maximum Gasteiger partial charge on any atom is 0.326 e. The molecule has 0 spiro atoms. The summed E-state index contributed by atoms with van der Waals surface area (Å²) >= 11 is 1.99. The molecule has 4 N–H and O–H groups in total. The normalized spacial score (nSPS) is 11.6. The van der Waals surface area contributed by atoms with Crippen molar-refractivity contribution in [3.63, 3.8) is 0 Å². The fraction of sp³-hybridized carbons (Fsp3) is 0.250. The van der Waals surface area contributed by atoms with Gasteiger partial charge in [0.25, 0.3) is 5.91 Å². The van der Waals surface area contributed by atoms with Gasteiger partial charge >= 0.3 is 5.97 Å². The summed E-state index contributed by atoms with van der Waals surface area (Å²) < 4.78 is 0.719. The highest BCUT2D eigenvalue weighted by molar-refractivity contribution is 14.1. The molecule has 19 heavy (non-hydrogen) atoms. The van der Waals surface area contributed by atoms with E-state index in [-0.39, 0.29) is 12.8 Å². The Kier molecular flexibility index (Phi) is 5.74. The fourth-order valence-corrected chi connectivity index (χ4v) is 2.06. The molecule has 1 atom stereocenters. The third kappa shape index (κ3) is 4.86. The number of nitrogens with one attached hydrogen (secondary N) is 1. The third-order valence-corrected chi connectivity index (χ3v) is 3.34. The van der Waals surface area contributed by atoms with E-state index >= 15 is 0 Å². The second-order valence-corrected chi connectivity index (χ2v) is 5.01. The Balaban J connectivity index is 2.74. The number of amides is 2. The molecule has 0 radical (unpaired) electrons. The largest absolute Gasteiger partial charge is 0.480 e. The minimum atomic E-state index is -1.19. The summed E-state index contributed by atoms with van der Waals surface area (Å²) in [5, 5.41) is 11.4. The van der Waals surface area contributed by atoms with Crippen LogP contribution in [0.1, 0.15) is 23.2 Å². The first kappa shape index (κ1) is 15.4. The molecular weight excluding hydrogens is 363 g/mol. The van der Waals surface area contributed by atoms with E-state index in [9.17, 15) is 14.4 Å². The number of primary amides is 1. The van der Waals surface area contributed by atoms with Crippen molar-refractivity contribution in [2.45, 2.75) is 18.9 Å². The van der Waals surface area contributed by atoms with E-state index < -0.39 is 23.8 Å². The van der Waals surface area contributed by atoms with Crippen LogP contribution >= 0.6 is 22.6 Å². The van der Waals surface area contributed by atoms with Crippen LogP contribution in [0.5, 0.6) is 0 Å². The number of aliphatic carboxylic acids is 1. The van der Waals surface area contributed by atoms with Crippen LogP contribution in [-0.2, 0) is 9.59 Å². The van der Waals surface area contributed by atoms with Crippen molar-refractivity contribution in [1.29, 1.82) is 0 Å². The molecule has 0 bridgehead atoms. The second-order valence-electron chi connectivity index (χ2n) is 3.85. The van der Waals surface area contributed by atoms with Crippen molar-refractivity contribution in [3.05, 3.63) is 33.4 Å². The molecule has 0 aliphatic rings. The number of nitrogens with two attached hydrogens (primary N) is 1. The van der Waals surface area contributed by atoms with Crippen molar-refractivity contribution in [1.82, 2.24) is 5.32 Å². The summed E-state index contributed by atoms with van der Waals surface area (Å²) in [7, 11) is 0. The van der Waals surface area contributed by atoms with Crippen LogP contribution in [0.15, 0.2) is 24.3 Å². The zero-order valence-corrected chi connectivity index (χ0v) is 12.1. The number of hydrogen-bond donors (Lipinski definition) is 3. The lowest BCUT2D eigenvalue weighted by atomic mass is 10.1. The molecule has 2 amide bonds. The molecule has 1 aromatic carbocycles. The molecule has 102 valence electrons. The SMILES string of the molecule is NC(=O)CC[C@H](NC(=O)c1ccccc1I)C(=O)O. The smallest absolute Gasteiger partial charge is 0.326 e. The zero-order valence-electron chi connectivity index (χ0n) is 9.93. The number of halogens is 1. The third-order valence-electron chi connectivity index (χ3n) is 2.40. The molecule has 1 rings (SSSR count). The molecule has 0 saturated heterocycles. The molecule has 0 aliphatic carbocycles. The van der Waals surface area contributed by atoms with E-state index in [1.54, 1.807) is 24.3 Å². The maximum absolute atomic E-state index is 11.9. The van der Waals surface area contributed by atoms with Gasteiger partial charge in [-0.15, -0.1) is 0 Å². The van der Waals surface area contributed by atoms with Crippen LogP contribution in [0.3, 0.4) is 0 Å². The summed E-state index contributed by atoms with van der Waals surface area (Å²) in [4.78, 5) is 33.6. The van der Waals surface area contributed by atoms with E-state index in [1.807, 2.05) is 22.6 Å². The van der Waals surface area contributed by atoms with E-state index in [0.29, 0.717) is 5.56 Å². The number of carboxylic acid groups (broad SMARTS) is 1. The number of carbonyl (C=O) groups is 3. The quantitative estimate of drug-likeness (QED) is 0.637.